The van der Waals surface area contributed by atoms with Crippen LogP contribution in [0.5, 0.6) is 0 Å². The van der Waals surface area contributed by atoms with Crippen molar-refractivity contribution < 1.29 is 19.6 Å². The molecule has 1 rings (SSSR count). The highest BCUT2D eigenvalue weighted by molar-refractivity contribution is 6.03. The number of carboxylic acid groups (broad SMARTS) is 1. The van der Waals surface area contributed by atoms with Gasteiger partial charge in [0.15, 0.2) is 5.78 Å². The second-order valence-corrected chi connectivity index (χ2v) is 3.31. The van der Waals surface area contributed by atoms with Crippen molar-refractivity contribution in [2.45, 2.75) is 0 Å². The predicted molar refractivity (Wildman–Crippen MR) is 74.5 cm³/mol. The number of hydrogen-bond donors (Lipinski definition) is 1. The first-order chi connectivity index (χ1) is 9.42. The Morgan fingerprint density at radius 3 is 2.05 bits per heavy atom. The van der Waals surface area contributed by atoms with Crippen molar-refractivity contribution in [2.24, 2.45) is 0 Å². The summed E-state index contributed by atoms with van der Waals surface area (Å²) < 4.78 is 0. The molecular formula is C14H13NO5. The lowest BCUT2D eigenvalue weighted by atomic mass is 10.2. The van der Waals surface area contributed by atoms with Gasteiger partial charge in [0.25, 0.3) is 0 Å². The fourth-order valence-corrected chi connectivity index (χ4v) is 0.975. The molecule has 0 aliphatic carbocycles. The summed E-state index contributed by atoms with van der Waals surface area (Å²) in [5.41, 5.74) is 0.00685. The lowest BCUT2D eigenvalue weighted by Crippen LogP contribution is -2.11. The molecule has 0 bridgehead atoms. The van der Waals surface area contributed by atoms with E-state index in [0.717, 1.165) is 6.08 Å². The average Bonchev–Trinajstić information content (AvgIpc) is 2.45. The quantitative estimate of drug-likeness (QED) is 0.505. The molecule has 1 aromatic rings. The van der Waals surface area contributed by atoms with Crippen molar-refractivity contribution in [3.63, 3.8) is 0 Å². The van der Waals surface area contributed by atoms with Crippen LogP contribution in [0.2, 0.25) is 0 Å². The second kappa shape index (κ2) is 8.98. The maximum absolute atomic E-state index is 10.5. The summed E-state index contributed by atoms with van der Waals surface area (Å²) in [5.74, 6) is -2.57. The smallest absolute Gasteiger partial charge is 0.407 e. The maximum Gasteiger partial charge on any atom is 0.407 e. The van der Waals surface area contributed by atoms with E-state index in [1.54, 1.807) is 0 Å². The van der Waals surface area contributed by atoms with Gasteiger partial charge in [-0.05, 0) is 11.6 Å². The van der Waals surface area contributed by atoms with Gasteiger partial charge in [-0.15, -0.1) is 0 Å². The molecule has 0 saturated carbocycles. The minimum atomic E-state index is -1.75. The minimum absolute atomic E-state index is 0.398. The van der Waals surface area contributed by atoms with Crippen LogP contribution in [0.25, 0.3) is 6.08 Å². The van der Waals surface area contributed by atoms with E-state index in [9.17, 15) is 19.7 Å². The van der Waals surface area contributed by atoms with Crippen LogP contribution in [0.3, 0.4) is 0 Å². The van der Waals surface area contributed by atoms with Crippen molar-refractivity contribution in [1.82, 2.24) is 0 Å². The minimum Gasteiger partial charge on any atom is -0.473 e. The molecule has 0 aliphatic heterocycles. The van der Waals surface area contributed by atoms with E-state index in [4.69, 9.17) is 5.11 Å². The standard InChI is InChI=1S/C8H8.C6H5NO5/c1-2-8-6-4-3-5-7-8;1-2-4(8)3-5(6(9)10)7(11)12/h2-7H,1H2;2-3H,1H2,(H,9,10). The van der Waals surface area contributed by atoms with Crippen LogP contribution in [0.1, 0.15) is 5.56 Å². The SMILES string of the molecule is C=CC(=O)C=C(C(=O)O)[N+](=O)[O-].C=Cc1ccccc1. The second-order valence-electron chi connectivity index (χ2n) is 3.31. The summed E-state index contributed by atoms with van der Waals surface area (Å²) in [6.07, 6.45) is 3.02. The number of rotatable bonds is 5. The zero-order valence-corrected chi connectivity index (χ0v) is 10.6. The Morgan fingerprint density at radius 2 is 1.75 bits per heavy atom. The summed E-state index contributed by atoms with van der Waals surface area (Å²) in [6.45, 7) is 6.65. The number of nitro groups is 1. The van der Waals surface area contributed by atoms with Crippen molar-refractivity contribution in [3.8, 4) is 0 Å². The summed E-state index contributed by atoms with van der Waals surface area (Å²) >= 11 is 0. The van der Waals surface area contributed by atoms with Crippen LogP contribution in [-0.2, 0) is 9.59 Å². The molecule has 0 saturated heterocycles. The van der Waals surface area contributed by atoms with E-state index >= 15 is 0 Å². The normalized spacial score (nSPS) is 9.70. The Hall–Kier alpha value is -3.02. The number of carbonyl (C=O) groups excluding carboxylic acids is 1. The Morgan fingerprint density at radius 1 is 1.20 bits per heavy atom. The number of carboxylic acids is 1. The van der Waals surface area contributed by atoms with Crippen LogP contribution < -0.4 is 0 Å². The fourth-order valence-electron chi connectivity index (χ4n) is 0.975. The molecule has 0 heterocycles. The number of allylic oxidation sites excluding steroid dienone is 2. The maximum atomic E-state index is 10.5. The molecule has 6 nitrogen and oxygen atoms in total. The molecule has 20 heavy (non-hydrogen) atoms. The van der Waals surface area contributed by atoms with E-state index in [0.29, 0.717) is 6.08 Å². The number of hydrogen-bond acceptors (Lipinski definition) is 4. The van der Waals surface area contributed by atoms with Gasteiger partial charge in [-0.3, -0.25) is 14.9 Å². The molecule has 0 unspecified atom stereocenters. The average molecular weight is 275 g/mol. The van der Waals surface area contributed by atoms with Crippen LogP contribution in [-0.4, -0.2) is 21.8 Å². The fraction of sp³-hybridized carbons (Fsp3) is 0. The summed E-state index contributed by atoms with van der Waals surface area (Å²) in [5, 5.41) is 18.2. The van der Waals surface area contributed by atoms with Crippen LogP contribution in [0, 0.1) is 10.1 Å². The first-order valence-corrected chi connectivity index (χ1v) is 5.35. The molecule has 0 fully saturated rings. The molecule has 0 spiro atoms. The summed E-state index contributed by atoms with van der Waals surface area (Å²) in [6, 6.07) is 10.0. The molecule has 0 amide bonds. The van der Waals surface area contributed by atoms with Gasteiger partial charge in [0.1, 0.15) is 0 Å². The topological polar surface area (TPSA) is 97.5 Å². The highest BCUT2D eigenvalue weighted by atomic mass is 16.6. The van der Waals surface area contributed by atoms with E-state index < -0.39 is 22.4 Å². The molecule has 104 valence electrons. The largest absolute Gasteiger partial charge is 0.473 e. The number of benzene rings is 1. The van der Waals surface area contributed by atoms with Gasteiger partial charge >= 0.3 is 11.7 Å². The van der Waals surface area contributed by atoms with Gasteiger partial charge in [-0.1, -0.05) is 49.6 Å². The summed E-state index contributed by atoms with van der Waals surface area (Å²) in [7, 11) is 0. The van der Waals surface area contributed by atoms with Gasteiger partial charge in [0, 0.05) is 0 Å². The lowest BCUT2D eigenvalue weighted by Gasteiger charge is -1.88. The Labute approximate surface area is 115 Å². The number of nitrogens with zero attached hydrogens (tertiary/aromatic N) is 1. The van der Waals surface area contributed by atoms with Crippen LogP contribution in [0.4, 0.5) is 0 Å². The first-order valence-electron chi connectivity index (χ1n) is 5.35. The van der Waals surface area contributed by atoms with Crippen molar-refractivity contribution >= 4 is 17.8 Å². The monoisotopic (exact) mass is 275 g/mol. The third-order valence-electron chi connectivity index (χ3n) is 1.93. The molecule has 6 heteroatoms. The van der Waals surface area contributed by atoms with Crippen molar-refractivity contribution in [1.29, 1.82) is 0 Å². The van der Waals surface area contributed by atoms with E-state index in [1.165, 1.54) is 5.56 Å². The van der Waals surface area contributed by atoms with Crippen molar-refractivity contribution in [2.75, 3.05) is 0 Å². The van der Waals surface area contributed by atoms with Gasteiger partial charge < -0.3 is 5.11 Å². The van der Waals surface area contributed by atoms with E-state index in [2.05, 4.69) is 13.2 Å². The molecule has 0 aliphatic rings. The molecular weight excluding hydrogens is 262 g/mol. The Kier molecular flexibility index (Phi) is 7.63. The number of ketones is 1. The lowest BCUT2D eigenvalue weighted by molar-refractivity contribution is -0.420. The van der Waals surface area contributed by atoms with Crippen LogP contribution >= 0.6 is 0 Å². The summed E-state index contributed by atoms with van der Waals surface area (Å²) in [4.78, 5) is 29.4. The zero-order valence-electron chi connectivity index (χ0n) is 10.6. The number of carbonyl (C=O) groups is 2. The van der Waals surface area contributed by atoms with E-state index in [-0.39, 0.29) is 0 Å². The first kappa shape index (κ1) is 17.0. The molecule has 0 atom stereocenters. The molecule has 0 aromatic heterocycles. The highest BCUT2D eigenvalue weighted by Crippen LogP contribution is 1.97. The molecule has 1 N–H and O–H groups in total. The van der Waals surface area contributed by atoms with Gasteiger partial charge in [0.05, 0.1) is 11.0 Å². The van der Waals surface area contributed by atoms with Gasteiger partial charge in [-0.25, -0.2) is 4.79 Å². The Balaban J connectivity index is 0.000000388. The van der Waals surface area contributed by atoms with Gasteiger partial charge in [0.2, 0.25) is 0 Å². The van der Waals surface area contributed by atoms with Crippen LogP contribution in [0.15, 0.2) is 61.3 Å². The Bertz CT molecular complexity index is 530. The third kappa shape index (κ3) is 6.65. The number of aliphatic carboxylic acids is 1. The molecule has 1 aromatic carbocycles. The predicted octanol–water partition coefficient (Wildman–Crippen LogP) is 2.32. The van der Waals surface area contributed by atoms with E-state index in [1.807, 2.05) is 36.4 Å². The highest BCUT2D eigenvalue weighted by Gasteiger charge is 2.21. The van der Waals surface area contributed by atoms with Gasteiger partial charge in [-0.2, -0.15) is 0 Å². The van der Waals surface area contributed by atoms with Crippen molar-refractivity contribution in [3.05, 3.63) is 77.0 Å². The molecule has 0 radical (unpaired) electrons. The third-order valence-corrected chi connectivity index (χ3v) is 1.93. The zero-order chi connectivity index (χ0) is 15.5.